The van der Waals surface area contributed by atoms with E-state index in [1.54, 1.807) is 31.4 Å². The molecule has 2 N–H and O–H groups in total. The van der Waals surface area contributed by atoms with Crippen molar-refractivity contribution in [2.45, 2.75) is 88.1 Å². The fraction of sp³-hybridized carbons (Fsp3) is 0.556. The van der Waals surface area contributed by atoms with Crippen LogP contribution in [0.3, 0.4) is 0 Å². The number of carbonyl (C=O) groups excluding carboxylic acids is 2. The Morgan fingerprint density at radius 2 is 1.98 bits per heavy atom. The van der Waals surface area contributed by atoms with Crippen molar-refractivity contribution >= 4 is 17.7 Å². The molecule has 9 rings (SSSR count). The van der Waals surface area contributed by atoms with Gasteiger partial charge in [-0.15, -0.1) is 0 Å². The maximum atomic E-state index is 13.2. The molecule has 2 aromatic rings. The smallest absolute Gasteiger partial charge is 0.417 e. The summed E-state index contributed by atoms with van der Waals surface area (Å²) in [6.45, 7) is 6.41. The minimum atomic E-state index is -0.639. The van der Waals surface area contributed by atoms with E-state index in [0.29, 0.717) is 29.4 Å². The average molecular weight is 615 g/mol. The van der Waals surface area contributed by atoms with Crippen LogP contribution < -0.4 is 14.8 Å². The first-order valence-electron chi connectivity index (χ1n) is 16.6. The maximum Gasteiger partial charge on any atom is 0.417 e. The van der Waals surface area contributed by atoms with Gasteiger partial charge in [0.15, 0.2) is 11.5 Å². The van der Waals surface area contributed by atoms with E-state index in [0.717, 1.165) is 56.7 Å². The summed E-state index contributed by atoms with van der Waals surface area (Å²) in [7, 11) is 1.74. The van der Waals surface area contributed by atoms with Gasteiger partial charge in [-0.3, -0.25) is 10.2 Å². The molecule has 2 saturated carbocycles. The Balaban J connectivity index is 1.09. The number of hydrogen-bond donors (Lipinski definition) is 2. The van der Waals surface area contributed by atoms with Crippen molar-refractivity contribution in [2.75, 3.05) is 32.1 Å². The number of nitrogens with zero attached hydrogens (tertiary/aromatic N) is 1. The van der Waals surface area contributed by atoms with Gasteiger partial charge in [-0.1, -0.05) is 25.0 Å². The summed E-state index contributed by atoms with van der Waals surface area (Å²) < 4.78 is 24.5. The van der Waals surface area contributed by atoms with E-state index >= 15 is 0 Å². The number of amides is 1. The van der Waals surface area contributed by atoms with Crippen LogP contribution in [0.4, 0.5) is 10.5 Å². The van der Waals surface area contributed by atoms with Gasteiger partial charge in [0, 0.05) is 49.8 Å². The summed E-state index contributed by atoms with van der Waals surface area (Å²) in [6.07, 6.45) is 5.46. The first-order valence-corrected chi connectivity index (χ1v) is 16.6. The number of ether oxygens (including phenoxy) is 4. The lowest BCUT2D eigenvalue weighted by Gasteiger charge is -2.67. The number of nitrogens with one attached hydrogen (secondary N) is 1. The molecular weight excluding hydrogens is 572 g/mol. The van der Waals surface area contributed by atoms with Gasteiger partial charge in [0.25, 0.3) is 0 Å². The molecule has 2 aliphatic heterocycles. The number of piperidine rings is 1. The van der Waals surface area contributed by atoms with E-state index in [1.807, 2.05) is 19.9 Å². The molecule has 1 spiro atoms. The molecule has 0 radical (unpaired) electrons. The number of rotatable bonds is 10. The molecule has 7 aliphatic rings. The highest BCUT2D eigenvalue weighted by Gasteiger charge is 2.76. The van der Waals surface area contributed by atoms with Crippen molar-refractivity contribution in [1.82, 2.24) is 4.90 Å². The lowest BCUT2D eigenvalue weighted by Crippen LogP contribution is -2.76. The third-order valence-electron chi connectivity index (χ3n) is 11.3. The third kappa shape index (κ3) is 4.23. The molecule has 45 heavy (non-hydrogen) atoms. The van der Waals surface area contributed by atoms with Gasteiger partial charge in [0.1, 0.15) is 11.7 Å². The Labute approximate surface area is 263 Å². The molecule has 4 bridgehead atoms. The molecule has 1 amide bonds. The van der Waals surface area contributed by atoms with E-state index in [1.165, 1.54) is 29.6 Å². The first-order chi connectivity index (χ1) is 21.8. The summed E-state index contributed by atoms with van der Waals surface area (Å²) in [4.78, 5) is 28.1. The van der Waals surface area contributed by atoms with E-state index in [-0.39, 0.29) is 29.4 Å². The zero-order valence-electron chi connectivity index (χ0n) is 26.3. The second-order valence-electron chi connectivity index (χ2n) is 13.9. The Kier molecular flexibility index (Phi) is 6.82. The minimum absolute atomic E-state index is 0.116. The average Bonchev–Trinajstić information content (AvgIpc) is 3.76. The highest BCUT2D eigenvalue weighted by atomic mass is 16.6. The second kappa shape index (κ2) is 10.6. The molecule has 6 atom stereocenters. The predicted octanol–water partition coefficient (Wildman–Crippen LogP) is 5.39. The van der Waals surface area contributed by atoms with E-state index in [4.69, 9.17) is 18.9 Å². The number of unbranched alkanes of at least 4 members (excludes halogenated alkanes) is 1. The SMILES string of the molecule is CCCCOC(=O)c1ccc(NC(=O)Oc2ccc3c4c2O[C@H]2[C@]5(OC)CC(=C6[C@@H](C3)N(CC3CC3)CC[C@]642)[C@@H]5C(C)O)cc1. The molecule has 1 unspecified atom stereocenters. The lowest BCUT2D eigenvalue weighted by molar-refractivity contribution is -0.202. The van der Waals surface area contributed by atoms with Crippen LogP contribution in [0.5, 0.6) is 11.5 Å². The van der Waals surface area contributed by atoms with Crippen LogP contribution in [-0.2, 0) is 21.3 Å². The standard InChI is InChI=1S/C36H42N2O7/c1-4-5-16-43-32(40)22-8-11-24(12-9-22)37-34(41)44-27-13-10-23-17-26-30-25-18-36(42-3,28(25)20(2)39)33-35(30,29(23)31(27)45-33)14-15-38(26)19-21-6-7-21/h8-13,20-21,26,28,33,39H,4-7,14-19H2,1-3H3,(H,37,41)/t20?,26-,28+,33-,35-,36+/m1/s1. The molecule has 2 heterocycles. The fourth-order valence-corrected chi connectivity index (χ4v) is 9.27. The highest BCUT2D eigenvalue weighted by Crippen LogP contribution is 2.72. The largest absolute Gasteiger partial charge is 0.482 e. The predicted molar refractivity (Wildman–Crippen MR) is 167 cm³/mol. The topological polar surface area (TPSA) is 107 Å². The Morgan fingerprint density at radius 3 is 2.69 bits per heavy atom. The Morgan fingerprint density at radius 1 is 1.18 bits per heavy atom. The molecule has 5 aliphatic carbocycles. The zero-order chi connectivity index (χ0) is 31.1. The Bertz CT molecular complexity index is 1580. The van der Waals surface area contributed by atoms with Crippen LogP contribution in [0.15, 0.2) is 47.5 Å². The fourth-order valence-electron chi connectivity index (χ4n) is 9.27. The zero-order valence-corrected chi connectivity index (χ0v) is 26.3. The highest BCUT2D eigenvalue weighted by molar-refractivity contribution is 5.91. The third-order valence-corrected chi connectivity index (χ3v) is 11.3. The van der Waals surface area contributed by atoms with Crippen molar-refractivity contribution in [3.8, 4) is 11.5 Å². The van der Waals surface area contributed by atoms with Crippen molar-refractivity contribution in [1.29, 1.82) is 0 Å². The number of benzene rings is 2. The van der Waals surface area contributed by atoms with Crippen LogP contribution in [-0.4, -0.2) is 72.7 Å². The van der Waals surface area contributed by atoms with Crippen molar-refractivity contribution < 1.29 is 33.6 Å². The van der Waals surface area contributed by atoms with Gasteiger partial charge in [0.2, 0.25) is 0 Å². The van der Waals surface area contributed by atoms with Crippen molar-refractivity contribution in [2.24, 2.45) is 11.8 Å². The molecule has 9 nitrogen and oxygen atoms in total. The van der Waals surface area contributed by atoms with E-state index < -0.39 is 17.8 Å². The summed E-state index contributed by atoms with van der Waals surface area (Å²) in [5, 5.41) is 13.8. The quantitative estimate of drug-likeness (QED) is 0.209. The second-order valence-corrected chi connectivity index (χ2v) is 13.9. The van der Waals surface area contributed by atoms with Crippen molar-refractivity contribution in [3.05, 3.63) is 64.2 Å². The molecule has 2 aromatic carbocycles. The Hall–Kier alpha value is -3.40. The molecule has 3 fully saturated rings. The van der Waals surface area contributed by atoms with Gasteiger partial charge < -0.3 is 24.1 Å². The molecule has 238 valence electrons. The number of aliphatic hydroxyl groups is 1. The van der Waals surface area contributed by atoms with Crippen molar-refractivity contribution in [3.63, 3.8) is 0 Å². The van der Waals surface area contributed by atoms with Crippen LogP contribution in [0.1, 0.15) is 73.9 Å². The van der Waals surface area contributed by atoms with E-state index in [2.05, 4.69) is 16.3 Å². The number of anilines is 1. The summed E-state index contributed by atoms with van der Waals surface area (Å²) in [5.74, 6) is 1.30. The number of hydrogen-bond acceptors (Lipinski definition) is 8. The minimum Gasteiger partial charge on any atom is -0.482 e. The van der Waals surface area contributed by atoms with Crippen LogP contribution in [0.2, 0.25) is 0 Å². The van der Waals surface area contributed by atoms with Crippen LogP contribution in [0.25, 0.3) is 0 Å². The van der Waals surface area contributed by atoms with Gasteiger partial charge in [0.05, 0.1) is 23.7 Å². The van der Waals surface area contributed by atoms with Gasteiger partial charge in [-0.2, -0.15) is 0 Å². The van der Waals surface area contributed by atoms with Gasteiger partial charge in [-0.05, 0) is 86.4 Å². The number of aliphatic hydroxyl groups excluding tert-OH is 1. The van der Waals surface area contributed by atoms with E-state index in [9.17, 15) is 14.7 Å². The van der Waals surface area contributed by atoms with Gasteiger partial charge >= 0.3 is 12.1 Å². The first kappa shape index (κ1) is 29.0. The monoisotopic (exact) mass is 614 g/mol. The molecule has 1 saturated heterocycles. The number of likely N-dealkylation sites (tertiary alicyclic amines) is 1. The molecular formula is C36H42N2O7. The summed E-state index contributed by atoms with van der Waals surface area (Å²) in [5.41, 5.74) is 5.12. The summed E-state index contributed by atoms with van der Waals surface area (Å²) in [6, 6.07) is 10.8. The van der Waals surface area contributed by atoms with Crippen LogP contribution in [0, 0.1) is 11.8 Å². The summed E-state index contributed by atoms with van der Waals surface area (Å²) >= 11 is 0. The maximum absolute atomic E-state index is 13.2. The number of carbonyl (C=O) groups is 2. The van der Waals surface area contributed by atoms with Crippen LogP contribution >= 0.6 is 0 Å². The molecule has 0 aromatic heterocycles. The van der Waals surface area contributed by atoms with Gasteiger partial charge in [-0.25, -0.2) is 9.59 Å². The number of methoxy groups -OCH3 is 1. The normalized spacial score (nSPS) is 31.0. The molecule has 9 heteroatoms. The number of esters is 1. The lowest BCUT2D eigenvalue weighted by atomic mass is 9.42.